The van der Waals surface area contributed by atoms with Crippen LogP contribution in [0.1, 0.15) is 21.6 Å². The van der Waals surface area contributed by atoms with E-state index in [1.54, 1.807) is 19.1 Å². The minimum absolute atomic E-state index is 0.00308. The van der Waals surface area contributed by atoms with Gasteiger partial charge in [-0.25, -0.2) is 8.42 Å². The van der Waals surface area contributed by atoms with Crippen molar-refractivity contribution in [1.82, 2.24) is 4.98 Å². The minimum Gasteiger partial charge on any atom is -0.322 e. The maximum Gasteiger partial charge on any atom is 0.261 e. The molecule has 1 amide bonds. The number of carbonyl (C=O) groups excluding carboxylic acids is 1. The average molecular weight is 325 g/mol. The number of anilines is 1. The van der Waals surface area contributed by atoms with Gasteiger partial charge >= 0.3 is 0 Å². The van der Waals surface area contributed by atoms with E-state index >= 15 is 0 Å². The van der Waals surface area contributed by atoms with Crippen LogP contribution in [0.3, 0.4) is 0 Å². The topological polar surface area (TPSA) is 76.1 Å². The second kappa shape index (κ2) is 5.83. The van der Waals surface area contributed by atoms with Crippen LogP contribution in [0.25, 0.3) is 0 Å². The van der Waals surface area contributed by atoms with Crippen molar-refractivity contribution >= 4 is 31.3 Å². The lowest BCUT2D eigenvalue weighted by Crippen LogP contribution is -2.13. The number of rotatable bonds is 3. The predicted molar refractivity (Wildman–Crippen MR) is 81.1 cm³/mol. The van der Waals surface area contributed by atoms with Gasteiger partial charge in [-0.2, -0.15) is 0 Å². The van der Waals surface area contributed by atoms with Crippen molar-refractivity contribution in [3.63, 3.8) is 0 Å². The fourth-order valence-corrected chi connectivity index (χ4v) is 2.56. The van der Waals surface area contributed by atoms with Crippen molar-refractivity contribution in [2.24, 2.45) is 0 Å². The highest BCUT2D eigenvalue weighted by molar-refractivity contribution is 8.13. The lowest BCUT2D eigenvalue weighted by atomic mass is 10.2. The third kappa shape index (κ3) is 3.80. The second-order valence-corrected chi connectivity index (χ2v) is 7.12. The van der Waals surface area contributed by atoms with Crippen molar-refractivity contribution in [3.8, 4) is 0 Å². The van der Waals surface area contributed by atoms with Crippen LogP contribution in [0.2, 0.25) is 0 Å². The van der Waals surface area contributed by atoms with E-state index in [9.17, 15) is 13.2 Å². The Morgan fingerprint density at radius 1 is 1.19 bits per heavy atom. The van der Waals surface area contributed by atoms with Crippen molar-refractivity contribution in [3.05, 3.63) is 53.3 Å². The molecule has 0 fully saturated rings. The van der Waals surface area contributed by atoms with Crippen LogP contribution >= 0.6 is 10.7 Å². The summed E-state index contributed by atoms with van der Waals surface area (Å²) in [6, 6.07) is 7.67. The third-order valence-electron chi connectivity index (χ3n) is 2.90. The Balaban J connectivity index is 2.24. The lowest BCUT2D eigenvalue weighted by molar-refractivity contribution is 0.102. The molecule has 5 nitrogen and oxygen atoms in total. The highest BCUT2D eigenvalue weighted by Crippen LogP contribution is 2.22. The van der Waals surface area contributed by atoms with E-state index in [2.05, 4.69) is 10.3 Å². The average Bonchev–Trinajstić information content (AvgIpc) is 2.40. The van der Waals surface area contributed by atoms with E-state index in [1.165, 1.54) is 24.4 Å². The summed E-state index contributed by atoms with van der Waals surface area (Å²) in [5, 5.41) is 2.71. The number of carbonyl (C=O) groups is 1. The van der Waals surface area contributed by atoms with Gasteiger partial charge in [0.25, 0.3) is 15.0 Å². The van der Waals surface area contributed by atoms with E-state index in [1.807, 2.05) is 6.92 Å². The Bertz CT molecular complexity index is 786. The minimum atomic E-state index is -3.78. The van der Waals surface area contributed by atoms with Gasteiger partial charge in [0, 0.05) is 28.3 Å². The number of halogens is 1. The van der Waals surface area contributed by atoms with Crippen LogP contribution in [0, 0.1) is 13.8 Å². The molecule has 7 heteroatoms. The van der Waals surface area contributed by atoms with Crippen LogP contribution in [-0.4, -0.2) is 19.3 Å². The molecule has 1 aromatic heterocycles. The van der Waals surface area contributed by atoms with E-state index in [0.29, 0.717) is 16.8 Å². The Hall–Kier alpha value is -1.92. The summed E-state index contributed by atoms with van der Waals surface area (Å²) >= 11 is 0. The molecule has 2 rings (SSSR count). The number of hydrogen-bond acceptors (Lipinski definition) is 4. The highest BCUT2D eigenvalue weighted by atomic mass is 35.7. The zero-order valence-electron chi connectivity index (χ0n) is 11.4. The quantitative estimate of drug-likeness (QED) is 0.881. The largest absolute Gasteiger partial charge is 0.322 e. The first-order valence-electron chi connectivity index (χ1n) is 6.07. The van der Waals surface area contributed by atoms with Gasteiger partial charge in [0.2, 0.25) is 0 Å². The molecular weight excluding hydrogens is 312 g/mol. The highest BCUT2D eigenvalue weighted by Gasteiger charge is 2.13. The van der Waals surface area contributed by atoms with Gasteiger partial charge in [0.15, 0.2) is 0 Å². The van der Waals surface area contributed by atoms with Crippen molar-refractivity contribution < 1.29 is 13.2 Å². The first kappa shape index (κ1) is 15.5. The van der Waals surface area contributed by atoms with Gasteiger partial charge in [-0.3, -0.25) is 9.78 Å². The molecule has 0 spiro atoms. The normalized spacial score (nSPS) is 11.2. The Kier molecular flexibility index (Phi) is 4.29. The molecule has 1 N–H and O–H groups in total. The number of nitrogens with one attached hydrogen (secondary N) is 1. The Morgan fingerprint density at radius 2 is 1.90 bits per heavy atom. The van der Waals surface area contributed by atoms with E-state index in [-0.39, 0.29) is 10.8 Å². The molecule has 0 aliphatic heterocycles. The van der Waals surface area contributed by atoms with Crippen LogP contribution in [0.4, 0.5) is 5.69 Å². The van der Waals surface area contributed by atoms with Gasteiger partial charge in [0.05, 0.1) is 10.5 Å². The number of aryl methyl sites for hydroxylation is 2. The van der Waals surface area contributed by atoms with Crippen molar-refractivity contribution in [1.29, 1.82) is 0 Å². The molecular formula is C14H13ClN2O3S. The van der Waals surface area contributed by atoms with E-state index in [4.69, 9.17) is 10.7 Å². The standard InChI is InChI=1S/C14H13ClN2O3S/c1-9-7-12(21(15,19)20)5-6-13(9)17-14(18)11-4-3-10(2)16-8-11/h3-8H,1-2H3,(H,17,18). The Labute approximate surface area is 127 Å². The molecule has 0 atom stereocenters. The molecule has 0 aliphatic rings. The summed E-state index contributed by atoms with van der Waals surface area (Å²) in [5.41, 5.74) is 2.36. The number of hydrogen-bond donors (Lipinski definition) is 1. The summed E-state index contributed by atoms with van der Waals surface area (Å²) in [5.74, 6) is -0.313. The lowest BCUT2D eigenvalue weighted by Gasteiger charge is -2.09. The number of aromatic nitrogens is 1. The number of nitrogens with zero attached hydrogens (tertiary/aromatic N) is 1. The summed E-state index contributed by atoms with van der Waals surface area (Å²) < 4.78 is 22.5. The molecule has 0 aliphatic carbocycles. The van der Waals surface area contributed by atoms with E-state index in [0.717, 1.165) is 5.69 Å². The van der Waals surface area contributed by atoms with Crippen molar-refractivity contribution in [2.45, 2.75) is 18.7 Å². The molecule has 0 unspecified atom stereocenters. The monoisotopic (exact) mass is 324 g/mol. The van der Waals surface area contributed by atoms with E-state index < -0.39 is 9.05 Å². The summed E-state index contributed by atoms with van der Waals surface area (Å²) in [7, 11) is 1.50. The van der Waals surface area contributed by atoms with Crippen LogP contribution in [0.15, 0.2) is 41.4 Å². The summed E-state index contributed by atoms with van der Waals surface area (Å²) in [4.78, 5) is 16.1. The Morgan fingerprint density at radius 3 is 2.43 bits per heavy atom. The molecule has 21 heavy (non-hydrogen) atoms. The zero-order chi connectivity index (χ0) is 15.6. The number of amides is 1. The van der Waals surface area contributed by atoms with Crippen LogP contribution < -0.4 is 5.32 Å². The van der Waals surface area contributed by atoms with Crippen LogP contribution in [-0.2, 0) is 9.05 Å². The number of pyridine rings is 1. The smallest absolute Gasteiger partial charge is 0.261 e. The predicted octanol–water partition coefficient (Wildman–Crippen LogP) is 2.88. The molecule has 2 aromatic rings. The second-order valence-electron chi connectivity index (χ2n) is 4.56. The summed E-state index contributed by atoms with van der Waals surface area (Å²) in [6.45, 7) is 3.52. The molecule has 0 saturated heterocycles. The van der Waals surface area contributed by atoms with Gasteiger partial charge in [-0.1, -0.05) is 0 Å². The molecule has 0 radical (unpaired) electrons. The molecule has 110 valence electrons. The summed E-state index contributed by atoms with van der Waals surface area (Å²) in [6.07, 6.45) is 1.48. The van der Waals surface area contributed by atoms with Gasteiger partial charge < -0.3 is 5.32 Å². The fourth-order valence-electron chi connectivity index (χ4n) is 1.72. The maximum absolute atomic E-state index is 12.1. The van der Waals surface area contributed by atoms with Crippen molar-refractivity contribution in [2.75, 3.05) is 5.32 Å². The van der Waals surface area contributed by atoms with Gasteiger partial charge in [0.1, 0.15) is 0 Å². The molecule has 0 bridgehead atoms. The van der Waals surface area contributed by atoms with Gasteiger partial charge in [-0.15, -0.1) is 0 Å². The zero-order valence-corrected chi connectivity index (χ0v) is 13.0. The molecule has 1 heterocycles. The first-order chi connectivity index (χ1) is 9.77. The number of benzene rings is 1. The van der Waals surface area contributed by atoms with Crippen LogP contribution in [0.5, 0.6) is 0 Å². The van der Waals surface area contributed by atoms with Gasteiger partial charge in [-0.05, 0) is 49.7 Å². The fraction of sp³-hybridized carbons (Fsp3) is 0.143. The maximum atomic E-state index is 12.1. The third-order valence-corrected chi connectivity index (χ3v) is 4.25. The molecule has 0 saturated carbocycles. The first-order valence-corrected chi connectivity index (χ1v) is 8.37. The molecule has 1 aromatic carbocycles. The SMILES string of the molecule is Cc1ccc(C(=O)Nc2ccc(S(=O)(=O)Cl)cc2C)cn1.